The molecule has 1 fully saturated rings. The van der Waals surface area contributed by atoms with E-state index in [9.17, 15) is 14.3 Å². The number of rotatable bonds is 7. The topological polar surface area (TPSA) is 96.8 Å². The van der Waals surface area contributed by atoms with Gasteiger partial charge in [-0.2, -0.15) is 0 Å². The van der Waals surface area contributed by atoms with Crippen molar-refractivity contribution in [1.82, 2.24) is 19.3 Å². The summed E-state index contributed by atoms with van der Waals surface area (Å²) in [6.07, 6.45) is 4.74. The number of aromatic nitrogens is 3. The van der Waals surface area contributed by atoms with Gasteiger partial charge < -0.3 is 15.7 Å². The van der Waals surface area contributed by atoms with E-state index in [4.69, 9.17) is 10.7 Å². The number of carbonyl (C=O) groups excluding carboxylic acids is 1. The SMILES string of the molecule is CC[C@H](CN1CCCC1=O)c1nc(-c2ccc(C(O)c3ccccc3F)cc2)c2c(N)nccn12. The van der Waals surface area contributed by atoms with Crippen LogP contribution in [-0.4, -0.2) is 43.4 Å². The van der Waals surface area contributed by atoms with Crippen LogP contribution in [0.25, 0.3) is 16.8 Å². The van der Waals surface area contributed by atoms with Gasteiger partial charge in [0, 0.05) is 48.9 Å². The molecule has 1 aliphatic heterocycles. The quantitative estimate of drug-likeness (QED) is 0.417. The number of anilines is 1. The van der Waals surface area contributed by atoms with Gasteiger partial charge in [-0.05, 0) is 24.5 Å². The minimum absolute atomic E-state index is 0.0438. The van der Waals surface area contributed by atoms with Crippen molar-refractivity contribution < 1.29 is 14.3 Å². The molecule has 5 rings (SSSR count). The summed E-state index contributed by atoms with van der Waals surface area (Å²) in [6, 6.07) is 13.4. The first kappa shape index (κ1) is 23.0. The summed E-state index contributed by atoms with van der Waals surface area (Å²) in [5.41, 5.74) is 9.29. The highest BCUT2D eigenvalue weighted by molar-refractivity contribution is 5.85. The molecule has 1 amide bonds. The number of nitrogens with two attached hydrogens (primary N) is 1. The van der Waals surface area contributed by atoms with Gasteiger partial charge in [-0.1, -0.05) is 49.4 Å². The number of nitrogens with zero attached hydrogens (tertiary/aromatic N) is 4. The zero-order valence-corrected chi connectivity index (χ0v) is 19.6. The summed E-state index contributed by atoms with van der Waals surface area (Å²) in [5.74, 6) is 0.984. The Bertz CT molecular complexity index is 1370. The Morgan fingerprint density at radius 2 is 1.94 bits per heavy atom. The van der Waals surface area contributed by atoms with Crippen LogP contribution in [0.5, 0.6) is 0 Å². The Morgan fingerprint density at radius 1 is 1.17 bits per heavy atom. The number of likely N-dealkylation sites (tertiary alicyclic amines) is 1. The standard InChI is InChI=1S/C27H28FN5O2/c1-2-17(16-32-14-5-8-22(32)34)27-31-23(24-26(29)30-13-15-33(24)27)18-9-11-19(12-10-18)25(35)20-6-3-4-7-21(20)28/h3-4,6-7,9-13,15,17,25,35H,2,5,8,14,16H2,1H3,(H2,29,30)/t17-,25?/m1/s1. The number of imidazole rings is 1. The third-order valence-corrected chi connectivity index (χ3v) is 6.78. The molecule has 2 aromatic heterocycles. The van der Waals surface area contributed by atoms with Crippen LogP contribution >= 0.6 is 0 Å². The van der Waals surface area contributed by atoms with Gasteiger partial charge in [0.05, 0.1) is 0 Å². The lowest BCUT2D eigenvalue weighted by molar-refractivity contribution is -0.127. The molecule has 0 aliphatic carbocycles. The number of aliphatic hydroxyl groups is 1. The molecule has 8 heteroatoms. The summed E-state index contributed by atoms with van der Waals surface area (Å²) >= 11 is 0. The van der Waals surface area contributed by atoms with Crippen molar-refractivity contribution in [3.63, 3.8) is 0 Å². The van der Waals surface area contributed by atoms with Crippen molar-refractivity contribution in [1.29, 1.82) is 0 Å². The van der Waals surface area contributed by atoms with Crippen LogP contribution in [0.15, 0.2) is 60.9 Å². The zero-order chi connectivity index (χ0) is 24.5. The summed E-state index contributed by atoms with van der Waals surface area (Å²) in [4.78, 5) is 23.4. The van der Waals surface area contributed by atoms with Gasteiger partial charge in [0.2, 0.25) is 5.91 Å². The van der Waals surface area contributed by atoms with E-state index >= 15 is 0 Å². The summed E-state index contributed by atoms with van der Waals surface area (Å²) < 4.78 is 16.1. The second kappa shape index (κ2) is 9.46. The smallest absolute Gasteiger partial charge is 0.222 e. The number of benzene rings is 2. The number of halogens is 1. The molecule has 3 N–H and O–H groups in total. The lowest BCUT2D eigenvalue weighted by atomic mass is 9.99. The molecule has 1 unspecified atom stereocenters. The molecule has 0 saturated carbocycles. The van der Waals surface area contributed by atoms with Gasteiger partial charge >= 0.3 is 0 Å². The average Bonchev–Trinajstić information content (AvgIpc) is 3.46. The fourth-order valence-electron chi connectivity index (χ4n) is 4.83. The molecule has 1 saturated heterocycles. The summed E-state index contributed by atoms with van der Waals surface area (Å²) in [5, 5.41) is 10.7. The fraction of sp³-hybridized carbons (Fsp3) is 0.296. The Hall–Kier alpha value is -3.78. The lowest BCUT2D eigenvalue weighted by Gasteiger charge is -2.22. The molecule has 1 aliphatic rings. The van der Waals surface area contributed by atoms with Crippen molar-refractivity contribution in [2.75, 3.05) is 18.8 Å². The number of amides is 1. The highest BCUT2D eigenvalue weighted by Gasteiger charge is 2.27. The Labute approximate surface area is 203 Å². The second-order valence-electron chi connectivity index (χ2n) is 8.94. The summed E-state index contributed by atoms with van der Waals surface area (Å²) in [6.45, 7) is 3.49. The van der Waals surface area contributed by atoms with E-state index in [1.165, 1.54) is 6.07 Å². The normalized spacial score (nSPS) is 15.6. The van der Waals surface area contributed by atoms with Crippen molar-refractivity contribution in [2.24, 2.45) is 0 Å². The van der Waals surface area contributed by atoms with Crippen LogP contribution in [0.3, 0.4) is 0 Å². The Kier molecular flexibility index (Phi) is 6.21. The predicted octanol–water partition coefficient (Wildman–Crippen LogP) is 4.32. The number of fused-ring (bicyclic) bond motifs is 1. The molecule has 0 spiro atoms. The first-order valence-electron chi connectivity index (χ1n) is 11.9. The van der Waals surface area contributed by atoms with Crippen LogP contribution in [0.2, 0.25) is 0 Å². The number of nitrogen functional groups attached to an aromatic ring is 1. The van der Waals surface area contributed by atoms with E-state index in [2.05, 4.69) is 11.9 Å². The molecule has 180 valence electrons. The molecule has 7 nitrogen and oxygen atoms in total. The first-order valence-corrected chi connectivity index (χ1v) is 11.9. The van der Waals surface area contributed by atoms with Crippen molar-refractivity contribution in [3.05, 3.63) is 83.7 Å². The van der Waals surface area contributed by atoms with Crippen LogP contribution in [0.1, 0.15) is 55.2 Å². The van der Waals surface area contributed by atoms with E-state index in [-0.39, 0.29) is 17.4 Å². The van der Waals surface area contributed by atoms with Crippen LogP contribution < -0.4 is 5.73 Å². The van der Waals surface area contributed by atoms with Crippen molar-refractivity contribution >= 4 is 17.2 Å². The zero-order valence-electron chi connectivity index (χ0n) is 19.6. The van der Waals surface area contributed by atoms with Gasteiger partial charge in [0.15, 0.2) is 0 Å². The minimum Gasteiger partial charge on any atom is -0.384 e. The molecule has 35 heavy (non-hydrogen) atoms. The van der Waals surface area contributed by atoms with Crippen molar-refractivity contribution in [2.45, 2.75) is 38.2 Å². The average molecular weight is 474 g/mol. The van der Waals surface area contributed by atoms with Crippen LogP contribution in [-0.2, 0) is 4.79 Å². The maximum absolute atomic E-state index is 14.2. The maximum atomic E-state index is 14.2. The van der Waals surface area contributed by atoms with E-state index in [1.807, 2.05) is 27.6 Å². The monoisotopic (exact) mass is 473 g/mol. The van der Waals surface area contributed by atoms with Gasteiger partial charge in [-0.25, -0.2) is 14.4 Å². The number of carbonyl (C=O) groups is 1. The lowest BCUT2D eigenvalue weighted by Crippen LogP contribution is -2.30. The van der Waals surface area contributed by atoms with E-state index in [0.29, 0.717) is 35.6 Å². The van der Waals surface area contributed by atoms with Crippen LogP contribution in [0.4, 0.5) is 10.2 Å². The van der Waals surface area contributed by atoms with E-state index in [1.54, 1.807) is 36.5 Å². The predicted molar refractivity (Wildman–Crippen MR) is 132 cm³/mol. The fourth-order valence-corrected chi connectivity index (χ4v) is 4.83. The molecule has 0 radical (unpaired) electrons. The largest absolute Gasteiger partial charge is 0.384 e. The molecular weight excluding hydrogens is 445 g/mol. The van der Waals surface area contributed by atoms with E-state index < -0.39 is 11.9 Å². The molecular formula is C27H28FN5O2. The third-order valence-electron chi connectivity index (χ3n) is 6.78. The maximum Gasteiger partial charge on any atom is 0.222 e. The molecule has 2 aromatic carbocycles. The van der Waals surface area contributed by atoms with Crippen molar-refractivity contribution in [3.8, 4) is 11.3 Å². The molecule has 3 heterocycles. The summed E-state index contributed by atoms with van der Waals surface area (Å²) in [7, 11) is 0. The molecule has 2 atom stereocenters. The van der Waals surface area contributed by atoms with Gasteiger partial charge in [0.25, 0.3) is 0 Å². The van der Waals surface area contributed by atoms with Crippen LogP contribution in [0, 0.1) is 5.82 Å². The third kappa shape index (κ3) is 4.25. The number of hydrogen-bond acceptors (Lipinski definition) is 5. The van der Waals surface area contributed by atoms with Gasteiger partial charge in [-0.3, -0.25) is 9.20 Å². The Morgan fingerprint density at radius 3 is 2.63 bits per heavy atom. The van der Waals surface area contributed by atoms with Gasteiger partial charge in [0.1, 0.15) is 34.8 Å². The molecule has 4 aromatic rings. The first-order chi connectivity index (χ1) is 17.0. The van der Waals surface area contributed by atoms with Gasteiger partial charge in [-0.15, -0.1) is 0 Å². The highest BCUT2D eigenvalue weighted by atomic mass is 19.1. The molecule has 0 bridgehead atoms. The number of hydrogen-bond donors (Lipinski definition) is 2. The Balaban J connectivity index is 1.52. The number of aliphatic hydroxyl groups excluding tert-OH is 1. The highest BCUT2D eigenvalue weighted by Crippen LogP contribution is 2.33. The minimum atomic E-state index is -1.08. The van der Waals surface area contributed by atoms with E-state index in [0.717, 1.165) is 30.8 Å². The second-order valence-corrected chi connectivity index (χ2v) is 8.94.